The van der Waals surface area contributed by atoms with E-state index in [4.69, 9.17) is 5.11 Å². The Balaban J connectivity index is 2.46. The Kier molecular flexibility index (Phi) is 5.26. The SMILES string of the molecule is CCN(C)C(=O)CNC(=O)N1CSC[C@H]1C(=O)O. The Labute approximate surface area is 109 Å². The van der Waals surface area contributed by atoms with Gasteiger partial charge in [0.15, 0.2) is 0 Å². The Bertz CT molecular complexity index is 350. The molecule has 102 valence electrons. The Hall–Kier alpha value is -1.44. The van der Waals surface area contributed by atoms with Crippen LogP contribution in [0.2, 0.25) is 0 Å². The standard InChI is InChI=1S/C10H17N3O4S/c1-3-12(2)8(14)4-11-10(17)13-6-18-5-7(13)9(15)16/h7H,3-6H2,1-2H3,(H,11,17)(H,15,16)/t7-/m0/s1. The second-order valence-corrected chi connectivity index (χ2v) is 4.89. The lowest BCUT2D eigenvalue weighted by Crippen LogP contribution is -2.49. The van der Waals surface area contributed by atoms with Crippen molar-refractivity contribution in [3.05, 3.63) is 0 Å². The number of nitrogens with one attached hydrogen (secondary N) is 1. The molecule has 0 bridgehead atoms. The number of carbonyl (C=O) groups excluding carboxylic acids is 2. The van der Waals surface area contributed by atoms with Gasteiger partial charge in [-0.1, -0.05) is 0 Å². The summed E-state index contributed by atoms with van der Waals surface area (Å²) < 4.78 is 0. The lowest BCUT2D eigenvalue weighted by molar-refractivity contribution is -0.140. The van der Waals surface area contributed by atoms with Gasteiger partial charge in [0, 0.05) is 19.3 Å². The van der Waals surface area contributed by atoms with E-state index in [0.29, 0.717) is 18.2 Å². The number of carbonyl (C=O) groups is 3. The van der Waals surface area contributed by atoms with Crippen molar-refractivity contribution in [3.8, 4) is 0 Å². The fraction of sp³-hybridized carbons (Fsp3) is 0.700. The van der Waals surface area contributed by atoms with E-state index < -0.39 is 18.0 Å². The highest BCUT2D eigenvalue weighted by molar-refractivity contribution is 7.99. The van der Waals surface area contributed by atoms with Crippen LogP contribution in [-0.4, -0.2) is 70.6 Å². The monoisotopic (exact) mass is 275 g/mol. The summed E-state index contributed by atoms with van der Waals surface area (Å²) >= 11 is 1.38. The normalized spacial score (nSPS) is 18.6. The molecule has 7 nitrogen and oxygen atoms in total. The molecule has 1 saturated heterocycles. The average molecular weight is 275 g/mol. The van der Waals surface area contributed by atoms with Gasteiger partial charge in [-0.05, 0) is 6.92 Å². The van der Waals surface area contributed by atoms with Gasteiger partial charge >= 0.3 is 12.0 Å². The van der Waals surface area contributed by atoms with E-state index in [1.165, 1.54) is 21.6 Å². The molecule has 3 amide bonds. The average Bonchev–Trinajstić information content (AvgIpc) is 2.83. The molecule has 0 aromatic heterocycles. The summed E-state index contributed by atoms with van der Waals surface area (Å²) in [6.07, 6.45) is 0. The first-order chi connectivity index (χ1) is 8.47. The maximum atomic E-state index is 11.7. The third-order valence-corrected chi connectivity index (χ3v) is 3.73. The predicted octanol–water partition coefficient (Wildman–Crippen LogP) is -0.366. The molecule has 1 aliphatic heterocycles. The van der Waals surface area contributed by atoms with Gasteiger partial charge in [0.05, 0.1) is 12.4 Å². The number of rotatable bonds is 4. The van der Waals surface area contributed by atoms with Gasteiger partial charge in [-0.2, -0.15) is 0 Å². The minimum absolute atomic E-state index is 0.114. The smallest absolute Gasteiger partial charge is 0.327 e. The highest BCUT2D eigenvalue weighted by Crippen LogP contribution is 2.20. The van der Waals surface area contributed by atoms with Gasteiger partial charge in [0.1, 0.15) is 6.04 Å². The van der Waals surface area contributed by atoms with E-state index in [1.54, 1.807) is 7.05 Å². The van der Waals surface area contributed by atoms with Gasteiger partial charge in [-0.3, -0.25) is 4.79 Å². The first kappa shape index (κ1) is 14.6. The molecular weight excluding hydrogens is 258 g/mol. The van der Waals surface area contributed by atoms with E-state index in [0.717, 1.165) is 0 Å². The summed E-state index contributed by atoms with van der Waals surface area (Å²) in [5.41, 5.74) is 0. The molecule has 0 aliphatic carbocycles. The van der Waals surface area contributed by atoms with Crippen LogP contribution in [0.25, 0.3) is 0 Å². The summed E-state index contributed by atoms with van der Waals surface area (Å²) in [6.45, 7) is 2.28. The largest absolute Gasteiger partial charge is 0.480 e. The second kappa shape index (κ2) is 6.48. The number of aliphatic carboxylic acids is 1. The predicted molar refractivity (Wildman–Crippen MR) is 67.3 cm³/mol. The van der Waals surface area contributed by atoms with Crippen molar-refractivity contribution in [3.63, 3.8) is 0 Å². The van der Waals surface area contributed by atoms with Crippen LogP contribution in [-0.2, 0) is 9.59 Å². The van der Waals surface area contributed by atoms with Crippen LogP contribution in [0.15, 0.2) is 0 Å². The summed E-state index contributed by atoms with van der Waals surface area (Å²) in [5, 5.41) is 11.4. The van der Waals surface area contributed by atoms with Crippen molar-refractivity contribution >= 4 is 29.7 Å². The molecule has 0 aromatic rings. The number of likely N-dealkylation sites (N-methyl/N-ethyl adjacent to an activating group) is 1. The van der Waals surface area contributed by atoms with Crippen molar-refractivity contribution in [1.82, 2.24) is 15.1 Å². The van der Waals surface area contributed by atoms with Crippen LogP contribution in [0.3, 0.4) is 0 Å². The third kappa shape index (κ3) is 3.52. The number of hydrogen-bond acceptors (Lipinski definition) is 4. The van der Waals surface area contributed by atoms with Gasteiger partial charge in [0.2, 0.25) is 5.91 Å². The first-order valence-electron chi connectivity index (χ1n) is 5.56. The second-order valence-electron chi connectivity index (χ2n) is 3.89. The van der Waals surface area contributed by atoms with Crippen LogP contribution in [0.1, 0.15) is 6.92 Å². The van der Waals surface area contributed by atoms with Crippen molar-refractivity contribution < 1.29 is 19.5 Å². The molecule has 0 spiro atoms. The molecule has 0 unspecified atom stereocenters. The number of carboxylic acid groups (broad SMARTS) is 1. The number of urea groups is 1. The number of nitrogens with zero attached hydrogens (tertiary/aromatic N) is 2. The molecule has 1 heterocycles. The first-order valence-corrected chi connectivity index (χ1v) is 6.71. The molecule has 1 aliphatic rings. The highest BCUT2D eigenvalue weighted by Gasteiger charge is 2.34. The molecule has 1 fully saturated rings. The summed E-state index contributed by atoms with van der Waals surface area (Å²) in [7, 11) is 1.64. The van der Waals surface area contributed by atoms with E-state index in [2.05, 4.69) is 5.32 Å². The quantitative estimate of drug-likeness (QED) is 0.731. The zero-order valence-corrected chi connectivity index (χ0v) is 11.2. The summed E-state index contributed by atoms with van der Waals surface area (Å²) in [5.74, 6) is -0.511. The Morgan fingerprint density at radius 2 is 2.17 bits per heavy atom. The fourth-order valence-corrected chi connectivity index (χ4v) is 2.56. The molecule has 1 rings (SSSR count). The molecule has 18 heavy (non-hydrogen) atoms. The van der Waals surface area contributed by atoms with Crippen molar-refractivity contribution in [2.45, 2.75) is 13.0 Å². The molecule has 0 saturated carbocycles. The molecule has 0 aromatic carbocycles. The summed E-state index contributed by atoms with van der Waals surface area (Å²) in [6, 6.07) is -1.32. The van der Waals surface area contributed by atoms with Crippen LogP contribution in [0, 0.1) is 0 Å². The lowest BCUT2D eigenvalue weighted by Gasteiger charge is -2.21. The molecule has 0 radical (unpaired) electrons. The van der Waals surface area contributed by atoms with Gasteiger partial charge < -0.3 is 20.2 Å². The number of amides is 3. The van der Waals surface area contributed by atoms with E-state index in [9.17, 15) is 14.4 Å². The molecule has 1 atom stereocenters. The fourth-order valence-electron chi connectivity index (χ4n) is 1.41. The van der Waals surface area contributed by atoms with Gasteiger partial charge in [-0.25, -0.2) is 9.59 Å². The lowest BCUT2D eigenvalue weighted by atomic mass is 10.3. The van der Waals surface area contributed by atoms with Gasteiger partial charge in [-0.15, -0.1) is 11.8 Å². The highest BCUT2D eigenvalue weighted by atomic mass is 32.2. The van der Waals surface area contributed by atoms with Crippen LogP contribution in [0.5, 0.6) is 0 Å². The molecular formula is C10H17N3O4S. The maximum Gasteiger partial charge on any atom is 0.327 e. The minimum Gasteiger partial charge on any atom is -0.480 e. The Morgan fingerprint density at radius 1 is 1.50 bits per heavy atom. The van der Waals surface area contributed by atoms with E-state index in [-0.39, 0.29) is 12.5 Å². The number of hydrogen-bond donors (Lipinski definition) is 2. The van der Waals surface area contributed by atoms with E-state index in [1.807, 2.05) is 6.92 Å². The third-order valence-electron chi connectivity index (χ3n) is 2.72. The van der Waals surface area contributed by atoms with Crippen LogP contribution < -0.4 is 5.32 Å². The summed E-state index contributed by atoms with van der Waals surface area (Å²) in [4.78, 5) is 36.8. The van der Waals surface area contributed by atoms with Crippen molar-refractivity contribution in [1.29, 1.82) is 0 Å². The van der Waals surface area contributed by atoms with Crippen LogP contribution in [0.4, 0.5) is 4.79 Å². The van der Waals surface area contributed by atoms with Crippen molar-refractivity contribution in [2.24, 2.45) is 0 Å². The van der Waals surface area contributed by atoms with E-state index >= 15 is 0 Å². The van der Waals surface area contributed by atoms with Crippen LogP contribution >= 0.6 is 11.8 Å². The van der Waals surface area contributed by atoms with Crippen molar-refractivity contribution in [2.75, 3.05) is 31.8 Å². The molecule has 2 N–H and O–H groups in total. The maximum absolute atomic E-state index is 11.7. The molecule has 8 heteroatoms. The zero-order chi connectivity index (χ0) is 13.7. The number of thioether (sulfide) groups is 1. The van der Waals surface area contributed by atoms with Gasteiger partial charge in [0.25, 0.3) is 0 Å². The topological polar surface area (TPSA) is 90.0 Å². The zero-order valence-electron chi connectivity index (χ0n) is 10.4. The number of carboxylic acids is 1. The Morgan fingerprint density at radius 3 is 2.72 bits per heavy atom. The minimum atomic E-state index is -1.02.